The molecule has 13 heteroatoms. The summed E-state index contributed by atoms with van der Waals surface area (Å²) in [6.07, 6.45) is -4.73. The van der Waals surface area contributed by atoms with Gasteiger partial charge in [0.25, 0.3) is 5.91 Å². The second kappa shape index (κ2) is 7.37. The molecule has 30 heavy (non-hydrogen) atoms. The molecule has 0 unspecified atom stereocenters. The lowest BCUT2D eigenvalue weighted by molar-refractivity contribution is -0.141. The van der Waals surface area contributed by atoms with E-state index in [-0.39, 0.29) is 27.2 Å². The third-order valence-electron chi connectivity index (χ3n) is 4.02. The number of aliphatic carboxylic acids is 1. The van der Waals surface area contributed by atoms with Crippen LogP contribution in [0, 0.1) is 0 Å². The van der Waals surface area contributed by atoms with E-state index in [1.165, 1.54) is 13.1 Å². The Balaban J connectivity index is 2.25. The molecule has 2 aromatic heterocycles. The normalized spacial score (nSPS) is 11.6. The van der Waals surface area contributed by atoms with Gasteiger partial charge in [0, 0.05) is 17.6 Å². The highest BCUT2D eigenvalue weighted by atomic mass is 35.5. The van der Waals surface area contributed by atoms with Crippen molar-refractivity contribution in [2.45, 2.75) is 6.18 Å². The molecule has 0 saturated heterocycles. The van der Waals surface area contributed by atoms with Crippen molar-refractivity contribution in [3.05, 3.63) is 44.9 Å². The van der Waals surface area contributed by atoms with Crippen LogP contribution < -0.4 is 10.9 Å². The Hall–Kier alpha value is -3.54. The largest absolute Gasteiger partial charge is 0.506 e. The zero-order valence-corrected chi connectivity index (χ0v) is 15.6. The Morgan fingerprint density at radius 2 is 1.97 bits per heavy atom. The van der Waals surface area contributed by atoms with Crippen molar-refractivity contribution < 1.29 is 37.4 Å². The van der Waals surface area contributed by atoms with Gasteiger partial charge in [0.1, 0.15) is 12.3 Å². The number of benzene rings is 1. The molecule has 0 aliphatic rings. The summed E-state index contributed by atoms with van der Waals surface area (Å²) < 4.78 is 44.9. The van der Waals surface area contributed by atoms with E-state index in [1.807, 2.05) is 5.32 Å². The fourth-order valence-electron chi connectivity index (χ4n) is 2.75. The molecule has 0 aliphatic heterocycles. The van der Waals surface area contributed by atoms with E-state index in [2.05, 4.69) is 5.10 Å². The molecule has 0 saturated carbocycles. The molecule has 9 nitrogen and oxygen atoms in total. The first kappa shape index (κ1) is 21.2. The summed E-state index contributed by atoms with van der Waals surface area (Å²) in [5, 5.41) is 24.0. The monoisotopic (exact) mass is 445 g/mol. The lowest BCUT2D eigenvalue weighted by atomic mass is 10.0. The summed E-state index contributed by atoms with van der Waals surface area (Å²) in [6, 6.07) is 3.04. The Kier molecular flexibility index (Phi) is 5.20. The number of nitrogens with one attached hydrogen (secondary N) is 1. The number of carbonyl (C=O) groups is 2. The average Bonchev–Trinajstić information content (AvgIpc) is 3.02. The third kappa shape index (κ3) is 3.81. The summed E-state index contributed by atoms with van der Waals surface area (Å²) in [7, 11) is 1.23. The van der Waals surface area contributed by atoms with Crippen LogP contribution in [-0.4, -0.2) is 38.4 Å². The maximum Gasteiger partial charge on any atom is 0.435 e. The van der Waals surface area contributed by atoms with E-state index in [0.717, 1.165) is 10.7 Å². The highest BCUT2D eigenvalue weighted by Crippen LogP contribution is 2.38. The number of carbonyl (C=O) groups excluding carboxylic acids is 1. The van der Waals surface area contributed by atoms with Crippen molar-refractivity contribution in [3.8, 4) is 17.0 Å². The molecule has 0 atom stereocenters. The fraction of sp³-hybridized carbons (Fsp3) is 0.176. The highest BCUT2D eigenvalue weighted by Gasteiger charge is 2.35. The van der Waals surface area contributed by atoms with Gasteiger partial charge in [-0.25, -0.2) is 4.79 Å². The molecule has 0 fully saturated rings. The third-order valence-corrected chi connectivity index (χ3v) is 4.24. The number of rotatable bonds is 4. The number of carboxylic acid groups (broad SMARTS) is 1. The van der Waals surface area contributed by atoms with Crippen molar-refractivity contribution >= 4 is 34.4 Å². The maximum absolute atomic E-state index is 13.0. The molecule has 1 amide bonds. The van der Waals surface area contributed by atoms with E-state index >= 15 is 0 Å². The van der Waals surface area contributed by atoms with Gasteiger partial charge in [-0.2, -0.15) is 18.3 Å². The number of hydrogen-bond acceptors (Lipinski definition) is 6. The number of hydrogen-bond donors (Lipinski definition) is 3. The Morgan fingerprint density at radius 3 is 2.53 bits per heavy atom. The summed E-state index contributed by atoms with van der Waals surface area (Å²) >= 11 is 6.01. The van der Waals surface area contributed by atoms with Crippen LogP contribution in [0.25, 0.3) is 22.2 Å². The number of carboxylic acids is 1. The molecule has 0 aliphatic carbocycles. The van der Waals surface area contributed by atoms with Gasteiger partial charge in [-0.05, 0) is 18.2 Å². The van der Waals surface area contributed by atoms with Crippen molar-refractivity contribution in [3.63, 3.8) is 0 Å². The summed E-state index contributed by atoms with van der Waals surface area (Å²) in [4.78, 5) is 34.9. The van der Waals surface area contributed by atoms with Gasteiger partial charge in [-0.3, -0.25) is 14.3 Å². The van der Waals surface area contributed by atoms with Crippen LogP contribution in [0.1, 0.15) is 16.1 Å². The lowest BCUT2D eigenvalue weighted by Gasteiger charge is -2.10. The van der Waals surface area contributed by atoms with Gasteiger partial charge in [0.05, 0.1) is 11.1 Å². The fourth-order valence-corrected chi connectivity index (χ4v) is 2.97. The quantitative estimate of drug-likeness (QED) is 0.525. The minimum absolute atomic E-state index is 0.0479. The standard InChI is InChI=1S/C17H11ClF3N3O6/c1-24-9(4-10(23-24)17(19,20)21)7-2-6(18)3-8-13(27)12(16(29)30-14(7)8)15(28)22-5-11(25)26/h2-4,27H,5H2,1H3,(H,22,28)(H,25,26). The molecule has 3 rings (SSSR count). The molecule has 0 bridgehead atoms. The van der Waals surface area contributed by atoms with E-state index in [1.54, 1.807) is 0 Å². The predicted molar refractivity (Wildman–Crippen MR) is 96.3 cm³/mol. The van der Waals surface area contributed by atoms with Crippen LogP contribution >= 0.6 is 11.6 Å². The van der Waals surface area contributed by atoms with E-state index < -0.39 is 47.2 Å². The molecular weight excluding hydrogens is 435 g/mol. The van der Waals surface area contributed by atoms with Gasteiger partial charge in [0.2, 0.25) is 0 Å². The number of aromatic nitrogens is 2. The van der Waals surface area contributed by atoms with Crippen molar-refractivity contribution in [1.82, 2.24) is 15.1 Å². The van der Waals surface area contributed by atoms with E-state index in [9.17, 15) is 32.7 Å². The number of aryl methyl sites for hydroxylation is 1. The first-order valence-corrected chi connectivity index (χ1v) is 8.39. The van der Waals surface area contributed by atoms with Crippen molar-refractivity contribution in [1.29, 1.82) is 0 Å². The van der Waals surface area contributed by atoms with Crippen molar-refractivity contribution in [2.24, 2.45) is 7.05 Å². The minimum Gasteiger partial charge on any atom is -0.506 e. The Bertz CT molecular complexity index is 1250. The summed E-state index contributed by atoms with van der Waals surface area (Å²) in [5.41, 5.74) is -3.96. The predicted octanol–water partition coefficient (Wildman–Crippen LogP) is 2.39. The minimum atomic E-state index is -4.73. The van der Waals surface area contributed by atoms with E-state index in [4.69, 9.17) is 21.1 Å². The lowest BCUT2D eigenvalue weighted by Crippen LogP contribution is -2.32. The van der Waals surface area contributed by atoms with Crippen LogP contribution in [0.4, 0.5) is 13.2 Å². The van der Waals surface area contributed by atoms with Crippen LogP contribution in [-0.2, 0) is 18.0 Å². The zero-order chi connectivity index (χ0) is 22.4. The highest BCUT2D eigenvalue weighted by molar-refractivity contribution is 6.32. The molecule has 0 radical (unpaired) electrons. The van der Waals surface area contributed by atoms with Gasteiger partial charge in [-0.1, -0.05) is 11.6 Å². The number of fused-ring (bicyclic) bond motifs is 1. The number of amides is 1. The van der Waals surface area contributed by atoms with Gasteiger partial charge in [0.15, 0.2) is 16.8 Å². The first-order chi connectivity index (χ1) is 13.9. The second-order valence-corrected chi connectivity index (χ2v) is 6.49. The van der Waals surface area contributed by atoms with Crippen LogP contribution in [0.15, 0.2) is 27.4 Å². The number of halogens is 4. The van der Waals surface area contributed by atoms with Gasteiger partial charge >= 0.3 is 17.8 Å². The van der Waals surface area contributed by atoms with E-state index in [0.29, 0.717) is 6.07 Å². The summed E-state index contributed by atoms with van der Waals surface area (Å²) in [5.74, 6) is -3.48. The molecule has 2 heterocycles. The zero-order valence-electron chi connectivity index (χ0n) is 14.9. The maximum atomic E-state index is 13.0. The van der Waals surface area contributed by atoms with Gasteiger partial charge < -0.3 is 19.9 Å². The molecular formula is C17H11ClF3N3O6. The molecule has 158 valence electrons. The van der Waals surface area contributed by atoms with Crippen LogP contribution in [0.5, 0.6) is 5.75 Å². The van der Waals surface area contributed by atoms with Crippen LogP contribution in [0.2, 0.25) is 5.02 Å². The summed E-state index contributed by atoms with van der Waals surface area (Å²) in [6.45, 7) is -0.828. The number of aromatic hydroxyl groups is 1. The molecule has 3 aromatic rings. The first-order valence-electron chi connectivity index (χ1n) is 8.01. The Morgan fingerprint density at radius 1 is 1.30 bits per heavy atom. The smallest absolute Gasteiger partial charge is 0.435 e. The average molecular weight is 446 g/mol. The molecule has 0 spiro atoms. The second-order valence-electron chi connectivity index (χ2n) is 6.06. The van der Waals surface area contributed by atoms with Crippen molar-refractivity contribution in [2.75, 3.05) is 6.54 Å². The molecule has 3 N–H and O–H groups in total. The van der Waals surface area contributed by atoms with Crippen LogP contribution in [0.3, 0.4) is 0 Å². The SMILES string of the molecule is Cn1nc(C(F)(F)F)cc1-c1cc(Cl)cc2c(O)c(C(=O)NCC(=O)O)c(=O)oc12. The topological polar surface area (TPSA) is 135 Å². The number of nitrogens with zero attached hydrogens (tertiary/aromatic N) is 2. The molecule has 1 aromatic carbocycles. The number of alkyl halides is 3. The Labute approximate surface area is 169 Å². The van der Waals surface area contributed by atoms with Gasteiger partial charge in [-0.15, -0.1) is 0 Å².